The fraction of sp³-hybridized carbons (Fsp3) is 0.540. The molecular formula is C50H78NO10P. The van der Waals surface area contributed by atoms with Gasteiger partial charge in [0.15, 0.2) is 6.10 Å². The van der Waals surface area contributed by atoms with Crippen molar-refractivity contribution in [1.29, 1.82) is 0 Å². The number of hydrogen-bond donors (Lipinski definition) is 3. The Kier molecular flexibility index (Phi) is 40.6. The van der Waals surface area contributed by atoms with Crippen LogP contribution in [-0.4, -0.2) is 59.9 Å². The van der Waals surface area contributed by atoms with Crippen molar-refractivity contribution in [2.75, 3.05) is 19.8 Å². The summed E-state index contributed by atoms with van der Waals surface area (Å²) in [4.78, 5) is 45.9. The molecule has 0 spiro atoms. The van der Waals surface area contributed by atoms with Crippen LogP contribution in [0.3, 0.4) is 0 Å². The molecule has 0 aliphatic heterocycles. The molecule has 348 valence electrons. The molecule has 0 aromatic heterocycles. The van der Waals surface area contributed by atoms with Crippen molar-refractivity contribution in [3.63, 3.8) is 0 Å². The summed E-state index contributed by atoms with van der Waals surface area (Å²) in [7, 11) is -4.76. The maximum absolute atomic E-state index is 12.6. The van der Waals surface area contributed by atoms with E-state index in [9.17, 15) is 23.8 Å². The number of unbranched alkanes of at least 4 members (excludes halogenated alkanes) is 6. The van der Waals surface area contributed by atoms with Gasteiger partial charge >= 0.3 is 25.7 Å². The van der Waals surface area contributed by atoms with Crippen molar-refractivity contribution in [2.24, 2.45) is 5.73 Å². The highest BCUT2D eigenvalue weighted by Gasteiger charge is 2.28. The Morgan fingerprint density at radius 2 is 0.839 bits per heavy atom. The molecule has 0 aromatic rings. The predicted octanol–water partition coefficient (Wildman–Crippen LogP) is 12.4. The molecule has 0 saturated carbocycles. The molecule has 0 aliphatic carbocycles. The second-order valence-corrected chi connectivity index (χ2v) is 15.9. The van der Waals surface area contributed by atoms with Gasteiger partial charge in [-0.3, -0.25) is 23.4 Å². The lowest BCUT2D eigenvalue weighted by molar-refractivity contribution is -0.161. The van der Waals surface area contributed by atoms with E-state index in [1.165, 1.54) is 38.5 Å². The average molecular weight is 884 g/mol. The third kappa shape index (κ3) is 42.6. The summed E-state index contributed by atoms with van der Waals surface area (Å²) in [6.07, 6.45) is 58.6. The molecule has 3 atom stereocenters. The molecule has 0 aliphatic rings. The van der Waals surface area contributed by atoms with Gasteiger partial charge in [0, 0.05) is 12.8 Å². The minimum Gasteiger partial charge on any atom is -0.480 e. The highest BCUT2D eigenvalue weighted by molar-refractivity contribution is 7.47. The summed E-state index contributed by atoms with van der Waals surface area (Å²) in [6, 6.07) is -1.55. The van der Waals surface area contributed by atoms with Crippen LogP contribution >= 0.6 is 7.82 Å². The molecule has 0 rings (SSSR count). The van der Waals surface area contributed by atoms with Gasteiger partial charge in [-0.25, -0.2) is 4.57 Å². The van der Waals surface area contributed by atoms with Crippen LogP contribution < -0.4 is 5.73 Å². The van der Waals surface area contributed by atoms with Crippen LogP contribution in [0.25, 0.3) is 0 Å². The Bertz CT molecular complexity index is 1500. The lowest BCUT2D eigenvalue weighted by atomic mass is 10.2. The summed E-state index contributed by atoms with van der Waals surface area (Å²) >= 11 is 0. The number of aliphatic carboxylic acids is 1. The molecule has 0 fully saturated rings. The van der Waals surface area contributed by atoms with Gasteiger partial charge in [0.25, 0.3) is 0 Å². The monoisotopic (exact) mass is 884 g/mol. The maximum Gasteiger partial charge on any atom is 0.472 e. The Labute approximate surface area is 373 Å². The van der Waals surface area contributed by atoms with Crippen molar-refractivity contribution in [3.8, 4) is 0 Å². The van der Waals surface area contributed by atoms with E-state index in [-0.39, 0.29) is 12.8 Å². The van der Waals surface area contributed by atoms with Crippen LogP contribution in [0.1, 0.15) is 142 Å². The van der Waals surface area contributed by atoms with Crippen LogP contribution in [0.5, 0.6) is 0 Å². The van der Waals surface area contributed by atoms with E-state index in [0.29, 0.717) is 19.3 Å². The van der Waals surface area contributed by atoms with Gasteiger partial charge in [-0.05, 0) is 89.9 Å². The second kappa shape index (κ2) is 43.5. The SMILES string of the molecule is CCCCC/C=C\C/C=C\C/C=C\C/C=C\C/C=C\CCC(=O)OC[C@H](COP(=O)(O)OC[C@H](N)C(=O)O)OC(=O)CC/C=C\C/C=C\C/C=C\C/C=C\C/C=C\CCCCC. The van der Waals surface area contributed by atoms with E-state index in [0.717, 1.165) is 57.8 Å². The first-order chi connectivity index (χ1) is 30.1. The average Bonchev–Trinajstić information content (AvgIpc) is 3.25. The molecule has 4 N–H and O–H groups in total. The number of nitrogens with two attached hydrogens (primary N) is 1. The number of carboxylic acids is 1. The largest absolute Gasteiger partial charge is 0.480 e. The van der Waals surface area contributed by atoms with E-state index in [1.54, 1.807) is 0 Å². The van der Waals surface area contributed by atoms with Crippen molar-refractivity contribution in [3.05, 3.63) is 122 Å². The number of carbonyl (C=O) groups is 3. The molecular weight excluding hydrogens is 806 g/mol. The molecule has 0 saturated heterocycles. The zero-order valence-electron chi connectivity index (χ0n) is 37.7. The zero-order chi connectivity index (χ0) is 45.6. The number of carboxylic acid groups (broad SMARTS) is 1. The van der Waals surface area contributed by atoms with Gasteiger partial charge in [-0.15, -0.1) is 0 Å². The number of phosphoric acid groups is 1. The lowest BCUT2D eigenvalue weighted by Crippen LogP contribution is -2.34. The first kappa shape index (κ1) is 57.9. The number of rotatable bonds is 40. The number of carbonyl (C=O) groups excluding carboxylic acids is 2. The predicted molar refractivity (Wildman–Crippen MR) is 253 cm³/mol. The topological polar surface area (TPSA) is 172 Å². The summed E-state index contributed by atoms with van der Waals surface area (Å²) in [5, 5.41) is 8.89. The minimum absolute atomic E-state index is 0.0144. The normalized spacial score (nSPS) is 14.8. The summed E-state index contributed by atoms with van der Waals surface area (Å²) in [5.41, 5.74) is 5.33. The number of phosphoric ester groups is 1. The highest BCUT2D eigenvalue weighted by atomic mass is 31.2. The molecule has 11 nitrogen and oxygen atoms in total. The van der Waals surface area contributed by atoms with Crippen LogP contribution in [-0.2, 0) is 37.5 Å². The van der Waals surface area contributed by atoms with E-state index < -0.39 is 57.7 Å². The van der Waals surface area contributed by atoms with Crippen LogP contribution in [0, 0.1) is 0 Å². The van der Waals surface area contributed by atoms with Gasteiger partial charge in [0.2, 0.25) is 0 Å². The molecule has 0 radical (unpaired) electrons. The Balaban J connectivity index is 4.62. The number of hydrogen-bond acceptors (Lipinski definition) is 9. The smallest absolute Gasteiger partial charge is 0.472 e. The highest BCUT2D eigenvalue weighted by Crippen LogP contribution is 2.43. The fourth-order valence-corrected chi connectivity index (χ4v) is 5.92. The Morgan fingerprint density at radius 1 is 0.500 bits per heavy atom. The van der Waals surface area contributed by atoms with Gasteiger partial charge in [0.05, 0.1) is 13.2 Å². The van der Waals surface area contributed by atoms with Crippen LogP contribution in [0.15, 0.2) is 122 Å². The molecule has 0 aromatic carbocycles. The summed E-state index contributed by atoms with van der Waals surface area (Å²) in [6.45, 7) is 2.57. The van der Waals surface area contributed by atoms with Crippen LogP contribution in [0.2, 0.25) is 0 Å². The van der Waals surface area contributed by atoms with Gasteiger partial charge in [-0.1, -0.05) is 161 Å². The number of ether oxygens (including phenoxy) is 2. The standard InChI is InChI=1S/C50H78NO10P/c1-3-5-7-9-11-13-15-17-19-21-23-25-27-29-31-33-35-37-39-41-48(52)58-43-46(44-59-62(56,57)60-45-47(51)50(54)55)61-49(53)42-40-38-36-34-32-30-28-26-24-22-20-18-16-14-12-10-8-6-4-2/h11-14,17-20,23-26,29-32,35-38,46-47H,3-10,15-16,21-22,27-28,33-34,39-45,51H2,1-2H3,(H,54,55)(H,56,57)/b13-11-,14-12-,19-17-,20-18-,25-23-,26-24-,31-29-,32-30-,37-35-,38-36-/t46-,47+/m1/s1. The van der Waals surface area contributed by atoms with E-state index in [4.69, 9.17) is 24.8 Å². The van der Waals surface area contributed by atoms with Crippen molar-refractivity contribution >= 4 is 25.7 Å². The maximum atomic E-state index is 12.6. The van der Waals surface area contributed by atoms with Gasteiger partial charge < -0.3 is 25.2 Å². The lowest BCUT2D eigenvalue weighted by Gasteiger charge is -2.20. The third-order valence-electron chi connectivity index (χ3n) is 8.71. The molecule has 1 unspecified atom stereocenters. The second-order valence-electron chi connectivity index (χ2n) is 14.5. The first-order valence-electron chi connectivity index (χ1n) is 22.6. The summed E-state index contributed by atoms with van der Waals surface area (Å²) < 4.78 is 32.5. The van der Waals surface area contributed by atoms with Crippen LogP contribution in [0.4, 0.5) is 0 Å². The van der Waals surface area contributed by atoms with E-state index in [1.807, 2.05) is 30.4 Å². The molecule has 0 bridgehead atoms. The van der Waals surface area contributed by atoms with Crippen molar-refractivity contribution < 1.29 is 47.5 Å². The Hall–Kier alpha value is -4.12. The number of allylic oxidation sites excluding steroid dienone is 20. The molecule has 12 heteroatoms. The van der Waals surface area contributed by atoms with Gasteiger partial charge in [0.1, 0.15) is 12.6 Å². The quantitative estimate of drug-likeness (QED) is 0.0231. The number of esters is 2. The molecule has 0 heterocycles. The first-order valence-corrected chi connectivity index (χ1v) is 24.1. The van der Waals surface area contributed by atoms with Gasteiger partial charge in [-0.2, -0.15) is 0 Å². The fourth-order valence-electron chi connectivity index (χ4n) is 5.15. The molecule has 0 amide bonds. The van der Waals surface area contributed by atoms with E-state index in [2.05, 4.69) is 110 Å². The molecule has 62 heavy (non-hydrogen) atoms. The summed E-state index contributed by atoms with van der Waals surface area (Å²) in [5.74, 6) is -2.61. The zero-order valence-corrected chi connectivity index (χ0v) is 38.5. The van der Waals surface area contributed by atoms with E-state index >= 15 is 0 Å². The van der Waals surface area contributed by atoms with Crippen molar-refractivity contribution in [2.45, 2.75) is 154 Å². The van der Waals surface area contributed by atoms with Crippen molar-refractivity contribution in [1.82, 2.24) is 0 Å². The minimum atomic E-state index is -4.76. The Morgan fingerprint density at radius 3 is 1.21 bits per heavy atom. The third-order valence-corrected chi connectivity index (χ3v) is 9.66.